The highest BCUT2D eigenvalue weighted by molar-refractivity contribution is 5.99. The van der Waals surface area contributed by atoms with Crippen molar-refractivity contribution in [3.8, 4) is 11.3 Å². The van der Waals surface area contributed by atoms with Crippen LogP contribution in [-0.4, -0.2) is 27.0 Å². The minimum Gasteiger partial charge on any atom is -0.352 e. The summed E-state index contributed by atoms with van der Waals surface area (Å²) in [6.45, 7) is 4.75. The van der Waals surface area contributed by atoms with Gasteiger partial charge in [-0.1, -0.05) is 42.5 Å². The number of hydrogen-bond donors (Lipinski definition) is 1. The topological polar surface area (TPSA) is 59.3 Å². The SMILES string of the molecule is Cc1ccc(-c2ccnc3c(C(=O)NCCc4ccccc4)cnn23)cc1C. The second-order valence-corrected chi connectivity index (χ2v) is 6.91. The number of hydrogen-bond acceptors (Lipinski definition) is 3. The van der Waals surface area contributed by atoms with E-state index >= 15 is 0 Å². The van der Waals surface area contributed by atoms with Gasteiger partial charge < -0.3 is 5.32 Å². The van der Waals surface area contributed by atoms with Crippen LogP contribution >= 0.6 is 0 Å². The molecule has 0 spiro atoms. The Morgan fingerprint density at radius 1 is 1.04 bits per heavy atom. The summed E-state index contributed by atoms with van der Waals surface area (Å²) in [5.41, 5.74) is 6.66. The number of aryl methyl sites for hydroxylation is 2. The number of rotatable bonds is 5. The van der Waals surface area contributed by atoms with Gasteiger partial charge >= 0.3 is 0 Å². The predicted octanol–water partition coefficient (Wildman–Crippen LogP) is 3.99. The normalized spacial score (nSPS) is 10.9. The number of fused-ring (bicyclic) bond motifs is 1. The maximum absolute atomic E-state index is 12.7. The molecule has 2 aromatic carbocycles. The van der Waals surface area contributed by atoms with E-state index in [0.717, 1.165) is 17.7 Å². The van der Waals surface area contributed by atoms with Crippen LogP contribution in [0.5, 0.6) is 0 Å². The van der Waals surface area contributed by atoms with Crippen molar-refractivity contribution in [1.29, 1.82) is 0 Å². The monoisotopic (exact) mass is 370 g/mol. The van der Waals surface area contributed by atoms with Crippen LogP contribution in [0, 0.1) is 13.8 Å². The predicted molar refractivity (Wildman–Crippen MR) is 110 cm³/mol. The number of aromatic nitrogens is 3. The van der Waals surface area contributed by atoms with Crippen LogP contribution in [0.25, 0.3) is 16.9 Å². The van der Waals surface area contributed by atoms with Crippen molar-refractivity contribution in [2.24, 2.45) is 0 Å². The number of nitrogens with zero attached hydrogens (tertiary/aromatic N) is 3. The first-order valence-corrected chi connectivity index (χ1v) is 9.36. The van der Waals surface area contributed by atoms with Gasteiger partial charge in [0.2, 0.25) is 0 Å². The molecule has 4 aromatic rings. The van der Waals surface area contributed by atoms with Crippen LogP contribution in [-0.2, 0) is 6.42 Å². The van der Waals surface area contributed by atoms with Crippen molar-refractivity contribution in [1.82, 2.24) is 19.9 Å². The molecule has 0 aliphatic carbocycles. The fourth-order valence-electron chi connectivity index (χ4n) is 3.23. The number of nitrogens with one attached hydrogen (secondary N) is 1. The van der Waals surface area contributed by atoms with Gasteiger partial charge in [0.1, 0.15) is 5.56 Å². The van der Waals surface area contributed by atoms with E-state index in [4.69, 9.17) is 0 Å². The molecule has 1 N–H and O–H groups in total. The first kappa shape index (κ1) is 17.9. The summed E-state index contributed by atoms with van der Waals surface area (Å²) >= 11 is 0. The average Bonchev–Trinajstić information content (AvgIpc) is 3.15. The Kier molecular flexibility index (Phi) is 4.89. The highest BCUT2D eigenvalue weighted by atomic mass is 16.1. The Labute approximate surface area is 164 Å². The number of amides is 1. The van der Waals surface area contributed by atoms with Crippen molar-refractivity contribution >= 4 is 11.6 Å². The first-order valence-electron chi connectivity index (χ1n) is 9.36. The molecule has 0 fully saturated rings. The molecule has 4 rings (SSSR count). The molecule has 0 radical (unpaired) electrons. The summed E-state index contributed by atoms with van der Waals surface area (Å²) in [6, 6.07) is 18.3. The molecule has 2 aromatic heterocycles. The molecule has 5 nitrogen and oxygen atoms in total. The van der Waals surface area contributed by atoms with Crippen molar-refractivity contribution < 1.29 is 4.79 Å². The van der Waals surface area contributed by atoms with E-state index in [2.05, 4.69) is 59.6 Å². The van der Waals surface area contributed by atoms with E-state index in [1.165, 1.54) is 16.7 Å². The molecule has 0 saturated carbocycles. The van der Waals surface area contributed by atoms with E-state index in [9.17, 15) is 4.79 Å². The second-order valence-electron chi connectivity index (χ2n) is 6.91. The third-order valence-electron chi connectivity index (χ3n) is 4.99. The van der Waals surface area contributed by atoms with Crippen molar-refractivity contribution in [2.75, 3.05) is 6.54 Å². The summed E-state index contributed by atoms with van der Waals surface area (Å²) in [7, 11) is 0. The summed E-state index contributed by atoms with van der Waals surface area (Å²) in [5, 5.41) is 7.40. The van der Waals surface area contributed by atoms with Crippen LogP contribution in [0.2, 0.25) is 0 Å². The lowest BCUT2D eigenvalue weighted by molar-refractivity contribution is 0.0955. The van der Waals surface area contributed by atoms with Gasteiger partial charge in [-0.3, -0.25) is 4.79 Å². The van der Waals surface area contributed by atoms with Crippen LogP contribution in [0.1, 0.15) is 27.0 Å². The standard InChI is InChI=1S/C23H22N4O/c1-16-8-9-19(14-17(16)2)21-11-13-24-22-20(15-26-27(21)22)23(28)25-12-10-18-6-4-3-5-7-18/h3-9,11,13-15H,10,12H2,1-2H3,(H,25,28). The fourth-order valence-corrected chi connectivity index (χ4v) is 3.23. The van der Waals surface area contributed by atoms with Gasteiger partial charge in [0.05, 0.1) is 11.9 Å². The minimum atomic E-state index is -0.157. The Hall–Kier alpha value is -3.47. The van der Waals surface area contributed by atoms with Crippen molar-refractivity contribution in [2.45, 2.75) is 20.3 Å². The van der Waals surface area contributed by atoms with Crippen LogP contribution in [0.15, 0.2) is 67.0 Å². The van der Waals surface area contributed by atoms with E-state index in [1.807, 2.05) is 24.3 Å². The maximum Gasteiger partial charge on any atom is 0.256 e. The summed E-state index contributed by atoms with van der Waals surface area (Å²) in [5.74, 6) is -0.157. The molecule has 0 aliphatic heterocycles. The summed E-state index contributed by atoms with van der Waals surface area (Å²) < 4.78 is 1.73. The highest BCUT2D eigenvalue weighted by Gasteiger charge is 2.16. The van der Waals surface area contributed by atoms with Crippen LogP contribution < -0.4 is 5.32 Å². The van der Waals surface area contributed by atoms with Crippen molar-refractivity contribution in [3.05, 3.63) is 89.2 Å². The third-order valence-corrected chi connectivity index (χ3v) is 4.99. The molecule has 0 atom stereocenters. The van der Waals surface area contributed by atoms with Gasteiger partial charge in [-0.05, 0) is 49.1 Å². The number of carbonyl (C=O) groups is 1. The second kappa shape index (κ2) is 7.64. The van der Waals surface area contributed by atoms with E-state index < -0.39 is 0 Å². The van der Waals surface area contributed by atoms with Gasteiger partial charge in [-0.25, -0.2) is 9.50 Å². The lowest BCUT2D eigenvalue weighted by atomic mass is 10.0. The quantitative estimate of drug-likeness (QED) is 0.578. The molecule has 0 bridgehead atoms. The van der Waals surface area contributed by atoms with Gasteiger partial charge in [0, 0.05) is 18.3 Å². The molecule has 0 unspecified atom stereocenters. The average molecular weight is 370 g/mol. The molecule has 1 amide bonds. The Balaban J connectivity index is 1.57. The van der Waals surface area contributed by atoms with E-state index in [0.29, 0.717) is 17.8 Å². The fraction of sp³-hybridized carbons (Fsp3) is 0.174. The zero-order valence-corrected chi connectivity index (χ0v) is 16.0. The molecule has 5 heteroatoms. The number of carbonyl (C=O) groups excluding carboxylic acids is 1. The Morgan fingerprint density at radius 2 is 1.86 bits per heavy atom. The lowest BCUT2D eigenvalue weighted by Crippen LogP contribution is -2.25. The van der Waals surface area contributed by atoms with Gasteiger partial charge in [0.15, 0.2) is 5.65 Å². The largest absolute Gasteiger partial charge is 0.352 e. The molecule has 2 heterocycles. The molecular formula is C23H22N4O. The lowest BCUT2D eigenvalue weighted by Gasteiger charge is -2.08. The Bertz CT molecular complexity index is 1130. The molecule has 28 heavy (non-hydrogen) atoms. The van der Waals surface area contributed by atoms with Gasteiger partial charge in [-0.15, -0.1) is 0 Å². The minimum absolute atomic E-state index is 0.157. The molecule has 140 valence electrons. The zero-order valence-electron chi connectivity index (χ0n) is 16.0. The number of benzene rings is 2. The van der Waals surface area contributed by atoms with E-state index in [1.54, 1.807) is 16.9 Å². The van der Waals surface area contributed by atoms with Crippen molar-refractivity contribution in [3.63, 3.8) is 0 Å². The van der Waals surface area contributed by atoms with Crippen LogP contribution in [0.4, 0.5) is 0 Å². The third kappa shape index (κ3) is 3.51. The summed E-state index contributed by atoms with van der Waals surface area (Å²) in [6.07, 6.45) is 4.10. The highest BCUT2D eigenvalue weighted by Crippen LogP contribution is 2.23. The zero-order chi connectivity index (χ0) is 19.5. The molecular weight excluding hydrogens is 348 g/mol. The molecule has 0 saturated heterocycles. The van der Waals surface area contributed by atoms with Gasteiger partial charge in [-0.2, -0.15) is 5.10 Å². The Morgan fingerprint density at radius 3 is 2.64 bits per heavy atom. The smallest absolute Gasteiger partial charge is 0.256 e. The van der Waals surface area contributed by atoms with Crippen LogP contribution in [0.3, 0.4) is 0 Å². The molecule has 0 aliphatic rings. The maximum atomic E-state index is 12.7. The first-order chi connectivity index (χ1) is 13.6. The van der Waals surface area contributed by atoms with E-state index in [-0.39, 0.29) is 5.91 Å². The summed E-state index contributed by atoms with van der Waals surface area (Å²) in [4.78, 5) is 17.0. The van der Waals surface area contributed by atoms with Gasteiger partial charge in [0.25, 0.3) is 5.91 Å².